The summed E-state index contributed by atoms with van der Waals surface area (Å²) < 4.78 is 0. The molecular formula is C16H26N2O. The Bertz CT molecular complexity index is 409. The first kappa shape index (κ1) is 14.4. The van der Waals surface area contributed by atoms with Crippen molar-refractivity contribution in [3.05, 3.63) is 29.3 Å². The zero-order valence-electron chi connectivity index (χ0n) is 12.3. The second-order valence-electron chi connectivity index (χ2n) is 5.71. The first-order valence-corrected chi connectivity index (χ1v) is 7.29. The second kappa shape index (κ2) is 6.40. The van der Waals surface area contributed by atoms with Gasteiger partial charge in [0, 0.05) is 25.3 Å². The molecule has 0 bridgehead atoms. The van der Waals surface area contributed by atoms with Gasteiger partial charge in [-0.1, -0.05) is 6.07 Å². The van der Waals surface area contributed by atoms with Crippen LogP contribution in [-0.2, 0) is 6.54 Å². The van der Waals surface area contributed by atoms with E-state index in [1.807, 2.05) is 14.0 Å². The van der Waals surface area contributed by atoms with Crippen LogP contribution in [0.3, 0.4) is 0 Å². The van der Waals surface area contributed by atoms with Crippen molar-refractivity contribution in [3.8, 4) is 0 Å². The van der Waals surface area contributed by atoms with Gasteiger partial charge in [0.15, 0.2) is 0 Å². The summed E-state index contributed by atoms with van der Waals surface area (Å²) in [6.45, 7) is 7.13. The molecule has 2 rings (SSSR count). The van der Waals surface area contributed by atoms with Gasteiger partial charge in [0.25, 0.3) is 0 Å². The van der Waals surface area contributed by atoms with Crippen LogP contribution in [0.25, 0.3) is 0 Å². The van der Waals surface area contributed by atoms with E-state index in [0.717, 1.165) is 32.5 Å². The minimum atomic E-state index is -0.165. The van der Waals surface area contributed by atoms with Crippen molar-refractivity contribution in [2.75, 3.05) is 25.0 Å². The molecule has 0 radical (unpaired) electrons. The van der Waals surface area contributed by atoms with E-state index in [1.165, 1.54) is 16.8 Å². The highest BCUT2D eigenvalue weighted by Crippen LogP contribution is 2.26. The number of nitrogens with one attached hydrogen (secondary N) is 1. The van der Waals surface area contributed by atoms with E-state index in [1.54, 1.807) is 0 Å². The summed E-state index contributed by atoms with van der Waals surface area (Å²) >= 11 is 0. The van der Waals surface area contributed by atoms with Gasteiger partial charge in [0.1, 0.15) is 0 Å². The van der Waals surface area contributed by atoms with Gasteiger partial charge < -0.3 is 15.3 Å². The van der Waals surface area contributed by atoms with E-state index in [9.17, 15) is 5.11 Å². The average molecular weight is 262 g/mol. The first-order valence-electron chi connectivity index (χ1n) is 7.29. The molecule has 1 fully saturated rings. The molecule has 1 aliphatic rings. The lowest BCUT2D eigenvalue weighted by Gasteiger charge is -2.35. The number of anilines is 1. The molecule has 0 amide bonds. The summed E-state index contributed by atoms with van der Waals surface area (Å²) in [5.74, 6) is 0.473. The molecule has 19 heavy (non-hydrogen) atoms. The molecule has 1 aromatic carbocycles. The number of hydrogen-bond donors (Lipinski definition) is 2. The quantitative estimate of drug-likeness (QED) is 0.874. The van der Waals surface area contributed by atoms with Crippen LogP contribution in [0.1, 0.15) is 30.9 Å². The summed E-state index contributed by atoms with van der Waals surface area (Å²) in [5.41, 5.74) is 4.04. The number of aryl methyl sites for hydroxylation is 1. The Morgan fingerprint density at radius 3 is 2.58 bits per heavy atom. The predicted octanol–water partition coefficient (Wildman–Crippen LogP) is 2.31. The lowest BCUT2D eigenvalue weighted by molar-refractivity contribution is 0.110. The maximum absolute atomic E-state index is 9.65. The van der Waals surface area contributed by atoms with E-state index >= 15 is 0 Å². The number of hydrogen-bond acceptors (Lipinski definition) is 3. The maximum atomic E-state index is 9.65. The third-order valence-corrected chi connectivity index (χ3v) is 4.28. The Hall–Kier alpha value is -1.06. The Morgan fingerprint density at radius 1 is 1.37 bits per heavy atom. The molecule has 0 aliphatic carbocycles. The number of nitrogens with zero attached hydrogens (tertiary/aromatic N) is 1. The van der Waals surface area contributed by atoms with Gasteiger partial charge in [0.2, 0.25) is 0 Å². The molecule has 2 N–H and O–H groups in total. The van der Waals surface area contributed by atoms with E-state index in [4.69, 9.17) is 0 Å². The molecule has 3 nitrogen and oxygen atoms in total. The van der Waals surface area contributed by atoms with Crippen LogP contribution in [0, 0.1) is 12.8 Å². The Labute approximate surface area is 116 Å². The van der Waals surface area contributed by atoms with Crippen molar-refractivity contribution in [3.63, 3.8) is 0 Å². The van der Waals surface area contributed by atoms with Gasteiger partial charge >= 0.3 is 0 Å². The van der Waals surface area contributed by atoms with E-state index in [-0.39, 0.29) is 6.10 Å². The van der Waals surface area contributed by atoms with Gasteiger partial charge in [-0.15, -0.1) is 0 Å². The summed E-state index contributed by atoms with van der Waals surface area (Å²) in [6.07, 6.45) is 2.02. The maximum Gasteiger partial charge on any atom is 0.0541 e. The smallest absolute Gasteiger partial charge is 0.0541 e. The third kappa shape index (κ3) is 3.48. The van der Waals surface area contributed by atoms with Crippen molar-refractivity contribution in [1.82, 2.24) is 5.32 Å². The molecule has 0 spiro atoms. The summed E-state index contributed by atoms with van der Waals surface area (Å²) in [7, 11) is 1.98. The molecular weight excluding hydrogens is 236 g/mol. The normalized spacial score (nSPS) is 18.6. The highest BCUT2D eigenvalue weighted by molar-refractivity contribution is 5.51. The van der Waals surface area contributed by atoms with Gasteiger partial charge in [-0.2, -0.15) is 0 Å². The van der Waals surface area contributed by atoms with Gasteiger partial charge in [-0.05, 0) is 62.9 Å². The van der Waals surface area contributed by atoms with Crippen LogP contribution >= 0.6 is 0 Å². The SMILES string of the molecule is CNCc1ccc(N2CCC(C(C)O)CC2)cc1C. The summed E-state index contributed by atoms with van der Waals surface area (Å²) in [5, 5.41) is 12.8. The number of rotatable bonds is 4. The molecule has 0 saturated carbocycles. The standard InChI is InChI=1S/C16H26N2O/c1-12-10-16(5-4-15(12)11-17-3)18-8-6-14(7-9-18)13(2)19/h4-5,10,13-14,17,19H,6-9,11H2,1-3H3. The molecule has 1 atom stereocenters. The molecule has 1 saturated heterocycles. The Kier molecular flexibility index (Phi) is 4.83. The Morgan fingerprint density at radius 2 is 2.05 bits per heavy atom. The number of benzene rings is 1. The van der Waals surface area contributed by atoms with Crippen molar-refractivity contribution in [1.29, 1.82) is 0 Å². The fourth-order valence-corrected chi connectivity index (χ4v) is 2.91. The number of aliphatic hydroxyl groups excluding tert-OH is 1. The zero-order chi connectivity index (χ0) is 13.8. The van der Waals surface area contributed by atoms with Crippen LogP contribution < -0.4 is 10.2 Å². The van der Waals surface area contributed by atoms with Crippen LogP contribution in [0.4, 0.5) is 5.69 Å². The topological polar surface area (TPSA) is 35.5 Å². The molecule has 1 unspecified atom stereocenters. The predicted molar refractivity (Wildman–Crippen MR) is 80.6 cm³/mol. The lowest BCUT2D eigenvalue weighted by atomic mass is 9.92. The van der Waals surface area contributed by atoms with Crippen molar-refractivity contribution in [2.45, 2.75) is 39.3 Å². The molecule has 3 heteroatoms. The van der Waals surface area contributed by atoms with Crippen LogP contribution in [0.5, 0.6) is 0 Å². The molecule has 1 aliphatic heterocycles. The lowest BCUT2D eigenvalue weighted by Crippen LogP contribution is -2.37. The van der Waals surface area contributed by atoms with E-state index in [0.29, 0.717) is 5.92 Å². The molecule has 1 heterocycles. The molecule has 1 aromatic rings. The van der Waals surface area contributed by atoms with Crippen molar-refractivity contribution < 1.29 is 5.11 Å². The largest absolute Gasteiger partial charge is 0.393 e. The molecule has 0 aromatic heterocycles. The van der Waals surface area contributed by atoms with Crippen molar-refractivity contribution in [2.24, 2.45) is 5.92 Å². The summed E-state index contributed by atoms with van der Waals surface area (Å²) in [4.78, 5) is 2.44. The average Bonchev–Trinajstić information content (AvgIpc) is 2.41. The second-order valence-corrected chi connectivity index (χ2v) is 5.71. The minimum absolute atomic E-state index is 0.165. The van der Waals surface area contributed by atoms with Crippen LogP contribution in [-0.4, -0.2) is 31.3 Å². The van der Waals surface area contributed by atoms with Gasteiger partial charge in [0.05, 0.1) is 6.10 Å². The minimum Gasteiger partial charge on any atom is -0.393 e. The monoisotopic (exact) mass is 262 g/mol. The van der Waals surface area contributed by atoms with Crippen LogP contribution in [0.15, 0.2) is 18.2 Å². The van der Waals surface area contributed by atoms with E-state index in [2.05, 4.69) is 35.3 Å². The highest BCUT2D eigenvalue weighted by Gasteiger charge is 2.22. The van der Waals surface area contributed by atoms with Crippen LogP contribution in [0.2, 0.25) is 0 Å². The molecule has 106 valence electrons. The van der Waals surface area contributed by atoms with Gasteiger partial charge in [-0.25, -0.2) is 0 Å². The number of piperidine rings is 1. The third-order valence-electron chi connectivity index (χ3n) is 4.28. The van der Waals surface area contributed by atoms with Gasteiger partial charge in [-0.3, -0.25) is 0 Å². The Balaban J connectivity index is 2.01. The fraction of sp³-hybridized carbons (Fsp3) is 0.625. The first-order chi connectivity index (χ1) is 9.11. The number of aliphatic hydroxyl groups is 1. The summed E-state index contributed by atoms with van der Waals surface area (Å²) in [6, 6.07) is 6.74. The van der Waals surface area contributed by atoms with Crippen molar-refractivity contribution >= 4 is 5.69 Å². The zero-order valence-corrected chi connectivity index (χ0v) is 12.3. The highest BCUT2D eigenvalue weighted by atomic mass is 16.3. The van der Waals surface area contributed by atoms with E-state index < -0.39 is 0 Å². The fourth-order valence-electron chi connectivity index (χ4n) is 2.91.